The second-order valence-electron chi connectivity index (χ2n) is 9.00. The molecule has 1 N–H and O–H groups in total. The first-order valence-electron chi connectivity index (χ1n) is 12.0. The van der Waals surface area contributed by atoms with Crippen molar-refractivity contribution >= 4 is 11.1 Å². The van der Waals surface area contributed by atoms with E-state index >= 15 is 0 Å². The minimum Gasteiger partial charge on any atom is -0.333 e. The second-order valence-corrected chi connectivity index (χ2v) is 9.00. The summed E-state index contributed by atoms with van der Waals surface area (Å²) in [6.45, 7) is 13.1. The van der Waals surface area contributed by atoms with Crippen LogP contribution in [-0.2, 0) is 13.0 Å². The maximum atomic E-state index is 13.7. The summed E-state index contributed by atoms with van der Waals surface area (Å²) in [5.41, 5.74) is 9.88. The molecular weight excluding hydrogens is 449 g/mol. The Morgan fingerprint density at radius 2 is 2.06 bits per heavy atom. The zero-order chi connectivity index (χ0) is 25.2. The largest absolute Gasteiger partial charge is 0.333 e. The maximum absolute atomic E-state index is 13.7. The van der Waals surface area contributed by atoms with Gasteiger partial charge in [-0.2, -0.15) is 5.10 Å². The molecule has 0 saturated heterocycles. The molecular formula is C30H28FN5. The number of aromatic amines is 1. The van der Waals surface area contributed by atoms with Crippen molar-refractivity contribution in [3.05, 3.63) is 126 Å². The molecule has 1 aliphatic heterocycles. The quantitative estimate of drug-likeness (QED) is 0.425. The molecule has 0 amide bonds. The highest BCUT2D eigenvalue weighted by Gasteiger charge is 2.19. The van der Waals surface area contributed by atoms with Crippen molar-refractivity contribution in [2.24, 2.45) is 0 Å². The van der Waals surface area contributed by atoms with Crippen LogP contribution in [-0.4, -0.2) is 24.7 Å². The molecule has 0 bridgehead atoms. The molecule has 0 radical (unpaired) electrons. The zero-order valence-corrected chi connectivity index (χ0v) is 20.6. The third kappa shape index (κ3) is 4.50. The van der Waals surface area contributed by atoms with E-state index in [2.05, 4.69) is 51.1 Å². The molecule has 5 rings (SSSR count). The predicted octanol–water partition coefficient (Wildman–Crippen LogP) is 6.71. The minimum absolute atomic E-state index is 0.332. The lowest BCUT2D eigenvalue weighted by Gasteiger charge is -2.18. The average molecular weight is 478 g/mol. The highest BCUT2D eigenvalue weighted by molar-refractivity contribution is 5.85. The van der Waals surface area contributed by atoms with E-state index in [4.69, 9.17) is 4.98 Å². The molecule has 6 heteroatoms. The number of nitrogens with one attached hydrogen (secondary N) is 1. The summed E-state index contributed by atoms with van der Waals surface area (Å²) in [5, 5.41) is 7.30. The van der Waals surface area contributed by atoms with Crippen LogP contribution >= 0.6 is 0 Å². The third-order valence-corrected chi connectivity index (χ3v) is 6.57. The van der Waals surface area contributed by atoms with E-state index in [0.717, 1.165) is 52.9 Å². The van der Waals surface area contributed by atoms with Crippen LogP contribution in [0.15, 0.2) is 97.1 Å². The Kier molecular flexibility index (Phi) is 6.34. The first-order valence-corrected chi connectivity index (χ1v) is 12.0. The van der Waals surface area contributed by atoms with E-state index in [1.54, 1.807) is 13.0 Å². The van der Waals surface area contributed by atoms with Crippen LogP contribution in [0.5, 0.6) is 0 Å². The Balaban J connectivity index is 1.46. The van der Waals surface area contributed by atoms with Crippen LogP contribution in [0.4, 0.5) is 4.39 Å². The van der Waals surface area contributed by atoms with Gasteiger partial charge in [-0.25, -0.2) is 14.4 Å². The van der Waals surface area contributed by atoms with Crippen molar-refractivity contribution in [2.75, 3.05) is 0 Å². The van der Waals surface area contributed by atoms with Crippen LogP contribution in [0.1, 0.15) is 36.0 Å². The molecule has 0 fully saturated rings. The van der Waals surface area contributed by atoms with Crippen molar-refractivity contribution < 1.29 is 4.39 Å². The van der Waals surface area contributed by atoms with Gasteiger partial charge in [0.2, 0.25) is 0 Å². The van der Waals surface area contributed by atoms with Gasteiger partial charge in [-0.3, -0.25) is 5.10 Å². The van der Waals surface area contributed by atoms with Gasteiger partial charge in [-0.1, -0.05) is 55.2 Å². The molecule has 0 atom stereocenters. The Morgan fingerprint density at radius 3 is 2.86 bits per heavy atom. The van der Waals surface area contributed by atoms with Crippen molar-refractivity contribution in [3.8, 4) is 11.4 Å². The summed E-state index contributed by atoms with van der Waals surface area (Å²) in [6.07, 6.45) is 19.9. The molecule has 2 aliphatic rings. The van der Waals surface area contributed by atoms with E-state index in [1.807, 2.05) is 43.8 Å². The van der Waals surface area contributed by atoms with Crippen molar-refractivity contribution in [1.82, 2.24) is 24.7 Å². The topological polar surface area (TPSA) is 59.4 Å². The van der Waals surface area contributed by atoms with Crippen molar-refractivity contribution in [2.45, 2.75) is 33.2 Å². The predicted molar refractivity (Wildman–Crippen MR) is 143 cm³/mol. The van der Waals surface area contributed by atoms with Crippen LogP contribution in [0, 0.1) is 12.7 Å². The number of aromatic nitrogens is 5. The van der Waals surface area contributed by atoms with Crippen LogP contribution in [0.3, 0.4) is 0 Å². The Hall–Kier alpha value is -4.32. The number of allylic oxidation sites excluding steroid dienone is 12. The summed E-state index contributed by atoms with van der Waals surface area (Å²) in [6, 6.07) is 3.07. The van der Waals surface area contributed by atoms with Gasteiger partial charge in [-0.15, -0.1) is 0 Å². The fraction of sp³-hybridized carbons (Fsp3) is 0.167. The maximum Gasteiger partial charge on any atom is 0.144 e. The van der Waals surface area contributed by atoms with Gasteiger partial charge in [0, 0.05) is 30.4 Å². The van der Waals surface area contributed by atoms with E-state index in [0.29, 0.717) is 17.1 Å². The lowest BCUT2D eigenvalue weighted by Crippen LogP contribution is -2.11. The van der Waals surface area contributed by atoms with Gasteiger partial charge >= 0.3 is 0 Å². The SMILES string of the molecule is C=C1CCn2cnc(C(/C=C3/C=C/C=C(c4c[nH]nc4-c4ccc(F)c(C)n4)/C=C\C3=C)=C/C)c2C1. The highest BCUT2D eigenvalue weighted by atomic mass is 19.1. The Labute approximate surface area is 210 Å². The molecule has 0 aromatic carbocycles. The first-order chi connectivity index (χ1) is 17.4. The van der Waals surface area contributed by atoms with Crippen LogP contribution in [0.25, 0.3) is 22.5 Å². The minimum atomic E-state index is -0.332. The van der Waals surface area contributed by atoms with E-state index in [1.165, 1.54) is 17.3 Å². The van der Waals surface area contributed by atoms with E-state index < -0.39 is 0 Å². The molecule has 180 valence electrons. The van der Waals surface area contributed by atoms with Crippen LogP contribution in [0.2, 0.25) is 0 Å². The molecule has 3 aromatic heterocycles. The van der Waals surface area contributed by atoms with E-state index in [9.17, 15) is 4.39 Å². The fourth-order valence-corrected chi connectivity index (χ4v) is 4.49. The number of imidazole rings is 1. The molecule has 0 spiro atoms. The number of pyridine rings is 1. The zero-order valence-electron chi connectivity index (χ0n) is 20.6. The normalized spacial score (nSPS) is 20.5. The monoisotopic (exact) mass is 477 g/mol. The van der Waals surface area contributed by atoms with Gasteiger partial charge in [0.25, 0.3) is 0 Å². The lowest BCUT2D eigenvalue weighted by molar-refractivity contribution is 0.610. The lowest BCUT2D eigenvalue weighted by atomic mass is 9.95. The van der Waals surface area contributed by atoms with Gasteiger partial charge in [0.1, 0.15) is 11.5 Å². The van der Waals surface area contributed by atoms with Gasteiger partial charge in [0.05, 0.1) is 23.4 Å². The summed E-state index contributed by atoms with van der Waals surface area (Å²) < 4.78 is 16.0. The highest BCUT2D eigenvalue weighted by Crippen LogP contribution is 2.31. The molecule has 36 heavy (non-hydrogen) atoms. The summed E-state index contributed by atoms with van der Waals surface area (Å²) in [4.78, 5) is 9.09. The van der Waals surface area contributed by atoms with Crippen molar-refractivity contribution in [3.63, 3.8) is 0 Å². The smallest absolute Gasteiger partial charge is 0.144 e. The molecule has 3 aromatic rings. The summed E-state index contributed by atoms with van der Waals surface area (Å²) in [7, 11) is 0. The average Bonchev–Trinajstić information content (AvgIpc) is 3.51. The number of H-pyrrole nitrogens is 1. The second kappa shape index (κ2) is 9.74. The number of hydrogen-bond donors (Lipinski definition) is 1. The number of hydrogen-bond acceptors (Lipinski definition) is 3. The molecule has 0 unspecified atom stereocenters. The van der Waals surface area contributed by atoms with Gasteiger partial charge in [0.15, 0.2) is 0 Å². The van der Waals surface area contributed by atoms with Crippen molar-refractivity contribution in [1.29, 1.82) is 0 Å². The number of halogens is 1. The molecule has 4 heterocycles. The summed E-state index contributed by atoms with van der Waals surface area (Å²) >= 11 is 0. The Morgan fingerprint density at radius 1 is 1.19 bits per heavy atom. The number of nitrogens with zero attached hydrogens (tertiary/aromatic N) is 4. The van der Waals surface area contributed by atoms with Gasteiger partial charge in [-0.05, 0) is 60.8 Å². The standard InChI is InChI=1S/C30H28FN5/c1-5-22(29-28-15-19(2)13-14-36(28)18-32-29)16-24-8-6-7-23(10-9-20(24)3)25-17-33-35-30(25)27-12-11-26(31)21(4)34-27/h5-12,16-18H,2-3,13-15H2,1,4H3,(H,33,35)/b8-6+,10-9-,22-5+,23-7-,24-16-. The third-order valence-electron chi connectivity index (χ3n) is 6.57. The molecule has 5 nitrogen and oxygen atoms in total. The summed E-state index contributed by atoms with van der Waals surface area (Å²) in [5.74, 6) is -0.332. The fourth-order valence-electron chi connectivity index (χ4n) is 4.49. The van der Waals surface area contributed by atoms with Crippen LogP contribution < -0.4 is 0 Å². The number of aryl methyl sites for hydroxylation is 2. The van der Waals surface area contributed by atoms with Gasteiger partial charge < -0.3 is 4.57 Å². The molecule has 0 saturated carbocycles. The number of rotatable bonds is 4. The van der Waals surface area contributed by atoms with E-state index in [-0.39, 0.29) is 5.82 Å². The number of fused-ring (bicyclic) bond motifs is 1. The first kappa shape index (κ1) is 23.4. The Bertz CT molecular complexity index is 1520. The molecule has 1 aliphatic carbocycles.